The van der Waals surface area contributed by atoms with Crippen molar-refractivity contribution in [3.8, 4) is 5.69 Å². The van der Waals surface area contributed by atoms with E-state index >= 15 is 0 Å². The van der Waals surface area contributed by atoms with E-state index in [4.69, 9.17) is 21.4 Å². The highest BCUT2D eigenvalue weighted by atomic mass is 35.5. The zero-order valence-corrected chi connectivity index (χ0v) is 19.1. The molecule has 1 aromatic heterocycles. The SMILES string of the molecule is COC(C)(C)CCCC(C)Cc1nn(-c2cccc(Cl)c2)c(C(C)C)c1C(=O)O. The number of methoxy groups -OCH3 is 1. The molecule has 0 saturated carbocycles. The van der Waals surface area contributed by atoms with Crippen LogP contribution in [0, 0.1) is 5.92 Å². The molecule has 1 unspecified atom stereocenters. The van der Waals surface area contributed by atoms with Gasteiger partial charge in [0.2, 0.25) is 0 Å². The molecule has 0 saturated heterocycles. The summed E-state index contributed by atoms with van der Waals surface area (Å²) >= 11 is 6.16. The standard InChI is InChI=1S/C23H33ClN2O3/c1-15(2)21-20(22(27)28)19(13-16(3)9-8-12-23(4,5)29-6)25-26(21)18-11-7-10-17(24)14-18/h7,10-11,14-16H,8-9,12-13H2,1-6H3,(H,27,28). The molecule has 1 atom stereocenters. The van der Waals surface area contributed by atoms with Crippen molar-refractivity contribution in [1.82, 2.24) is 9.78 Å². The number of carboxylic acid groups (broad SMARTS) is 1. The average molecular weight is 421 g/mol. The van der Waals surface area contributed by atoms with Crippen LogP contribution in [0.4, 0.5) is 0 Å². The summed E-state index contributed by atoms with van der Waals surface area (Å²) in [5.41, 5.74) is 2.32. The molecule has 0 aliphatic heterocycles. The Morgan fingerprint density at radius 1 is 1.31 bits per heavy atom. The first kappa shape index (κ1) is 23.4. The van der Waals surface area contributed by atoms with E-state index in [2.05, 4.69) is 20.8 Å². The number of rotatable bonds is 10. The smallest absolute Gasteiger partial charge is 0.339 e. The molecule has 0 amide bonds. The first-order valence-corrected chi connectivity index (χ1v) is 10.6. The van der Waals surface area contributed by atoms with Gasteiger partial charge in [-0.2, -0.15) is 5.10 Å². The van der Waals surface area contributed by atoms with E-state index in [9.17, 15) is 9.90 Å². The zero-order chi connectivity index (χ0) is 21.8. The molecule has 0 aliphatic carbocycles. The van der Waals surface area contributed by atoms with Crippen LogP contribution in [0.5, 0.6) is 0 Å². The number of hydrogen-bond acceptors (Lipinski definition) is 3. The van der Waals surface area contributed by atoms with E-state index in [1.54, 1.807) is 17.9 Å². The molecular weight excluding hydrogens is 388 g/mol. The van der Waals surface area contributed by atoms with E-state index < -0.39 is 5.97 Å². The zero-order valence-electron chi connectivity index (χ0n) is 18.3. The van der Waals surface area contributed by atoms with Gasteiger partial charge >= 0.3 is 5.97 Å². The van der Waals surface area contributed by atoms with Crippen LogP contribution in [0.15, 0.2) is 24.3 Å². The maximum Gasteiger partial charge on any atom is 0.339 e. The Morgan fingerprint density at radius 2 is 2.00 bits per heavy atom. The summed E-state index contributed by atoms with van der Waals surface area (Å²) in [6.45, 7) is 10.3. The van der Waals surface area contributed by atoms with Crippen LogP contribution < -0.4 is 0 Å². The van der Waals surface area contributed by atoms with Crippen molar-refractivity contribution in [2.45, 2.75) is 71.8 Å². The Labute approximate surface area is 179 Å². The van der Waals surface area contributed by atoms with E-state index in [0.29, 0.717) is 34.3 Å². The molecular formula is C23H33ClN2O3. The maximum atomic E-state index is 12.1. The summed E-state index contributed by atoms with van der Waals surface area (Å²) in [4.78, 5) is 12.1. The lowest BCUT2D eigenvalue weighted by molar-refractivity contribution is 0.0127. The monoisotopic (exact) mass is 420 g/mol. The summed E-state index contributed by atoms with van der Waals surface area (Å²) in [5, 5.41) is 15.3. The van der Waals surface area contributed by atoms with Crippen molar-refractivity contribution < 1.29 is 14.6 Å². The summed E-state index contributed by atoms with van der Waals surface area (Å²) in [5.74, 6) is -0.590. The van der Waals surface area contributed by atoms with Gasteiger partial charge in [0.1, 0.15) is 5.56 Å². The largest absolute Gasteiger partial charge is 0.478 e. The predicted molar refractivity (Wildman–Crippen MR) is 117 cm³/mol. The number of hydrogen-bond donors (Lipinski definition) is 1. The average Bonchev–Trinajstić information content (AvgIpc) is 3.01. The van der Waals surface area contributed by atoms with Gasteiger partial charge in [-0.25, -0.2) is 9.48 Å². The van der Waals surface area contributed by atoms with Crippen molar-refractivity contribution in [2.75, 3.05) is 7.11 Å². The van der Waals surface area contributed by atoms with E-state index in [1.165, 1.54) is 0 Å². The highest BCUT2D eigenvalue weighted by molar-refractivity contribution is 6.30. The predicted octanol–water partition coefficient (Wildman–Crippen LogP) is 6.12. The van der Waals surface area contributed by atoms with Crippen LogP contribution in [0.25, 0.3) is 5.69 Å². The second-order valence-electron chi connectivity index (χ2n) is 8.72. The molecule has 0 aliphatic rings. The number of nitrogens with zero attached hydrogens (tertiary/aromatic N) is 2. The molecule has 1 aromatic carbocycles. The highest BCUT2D eigenvalue weighted by Crippen LogP contribution is 2.29. The van der Waals surface area contributed by atoms with Crippen LogP contribution in [0.2, 0.25) is 5.02 Å². The first-order chi connectivity index (χ1) is 13.6. The fraction of sp³-hybridized carbons (Fsp3) is 0.565. The number of halogens is 1. The van der Waals surface area contributed by atoms with Crippen molar-refractivity contribution >= 4 is 17.6 Å². The minimum Gasteiger partial charge on any atom is -0.478 e. The third-order valence-electron chi connectivity index (χ3n) is 5.38. The third-order valence-corrected chi connectivity index (χ3v) is 5.61. The number of aromatic carboxylic acids is 1. The lowest BCUT2D eigenvalue weighted by Crippen LogP contribution is -2.22. The van der Waals surface area contributed by atoms with Crippen molar-refractivity contribution in [1.29, 1.82) is 0 Å². The van der Waals surface area contributed by atoms with E-state index in [1.807, 2.05) is 32.0 Å². The number of aromatic nitrogens is 2. The quantitative estimate of drug-likeness (QED) is 0.502. The highest BCUT2D eigenvalue weighted by Gasteiger charge is 2.27. The summed E-state index contributed by atoms with van der Waals surface area (Å²) in [6.07, 6.45) is 3.61. The maximum absolute atomic E-state index is 12.1. The Bertz CT molecular complexity index is 843. The number of carboxylic acids is 1. The third kappa shape index (κ3) is 6.06. The number of carbonyl (C=O) groups is 1. The van der Waals surface area contributed by atoms with Gasteiger partial charge in [0, 0.05) is 12.1 Å². The molecule has 29 heavy (non-hydrogen) atoms. The summed E-state index contributed by atoms with van der Waals surface area (Å²) in [6, 6.07) is 7.36. The topological polar surface area (TPSA) is 64.4 Å². The minimum absolute atomic E-state index is 0.0131. The lowest BCUT2D eigenvalue weighted by atomic mass is 9.92. The van der Waals surface area contributed by atoms with Crippen LogP contribution in [0.1, 0.15) is 81.5 Å². The van der Waals surface area contributed by atoms with Crippen molar-refractivity contribution in [2.24, 2.45) is 5.92 Å². The van der Waals surface area contributed by atoms with Gasteiger partial charge in [0.05, 0.1) is 22.7 Å². The van der Waals surface area contributed by atoms with Crippen molar-refractivity contribution in [3.05, 3.63) is 46.2 Å². The molecule has 2 rings (SSSR count). The van der Waals surface area contributed by atoms with Gasteiger partial charge in [0.15, 0.2) is 0 Å². The van der Waals surface area contributed by atoms with Crippen molar-refractivity contribution in [3.63, 3.8) is 0 Å². The van der Waals surface area contributed by atoms with Gasteiger partial charge in [-0.15, -0.1) is 0 Å². The molecule has 2 aromatic rings. The van der Waals surface area contributed by atoms with Crippen LogP contribution in [0.3, 0.4) is 0 Å². The van der Waals surface area contributed by atoms with Crippen LogP contribution in [-0.4, -0.2) is 33.6 Å². The van der Waals surface area contributed by atoms with Gasteiger partial charge < -0.3 is 9.84 Å². The molecule has 160 valence electrons. The fourth-order valence-corrected chi connectivity index (χ4v) is 3.79. The minimum atomic E-state index is -0.926. The Balaban J connectivity index is 2.32. The summed E-state index contributed by atoms with van der Waals surface area (Å²) in [7, 11) is 1.73. The summed E-state index contributed by atoms with van der Waals surface area (Å²) < 4.78 is 7.23. The Morgan fingerprint density at radius 3 is 2.55 bits per heavy atom. The Hall–Kier alpha value is -1.85. The first-order valence-electron chi connectivity index (χ1n) is 10.2. The van der Waals surface area contributed by atoms with Gasteiger partial charge in [-0.1, -0.05) is 51.3 Å². The normalized spacial score (nSPS) is 13.1. The second kappa shape index (κ2) is 9.77. The molecule has 5 nitrogen and oxygen atoms in total. The fourth-order valence-electron chi connectivity index (χ4n) is 3.60. The molecule has 0 fully saturated rings. The Kier molecular flexibility index (Phi) is 7.89. The molecule has 1 heterocycles. The van der Waals surface area contributed by atoms with Crippen LogP contribution in [-0.2, 0) is 11.2 Å². The molecule has 6 heteroatoms. The number of ether oxygens (including phenoxy) is 1. The van der Waals surface area contributed by atoms with E-state index in [-0.39, 0.29) is 11.5 Å². The molecule has 0 bridgehead atoms. The second-order valence-corrected chi connectivity index (χ2v) is 9.16. The number of benzene rings is 1. The molecule has 1 N–H and O–H groups in total. The van der Waals surface area contributed by atoms with E-state index in [0.717, 1.165) is 24.9 Å². The van der Waals surface area contributed by atoms with Gasteiger partial charge in [-0.3, -0.25) is 0 Å². The van der Waals surface area contributed by atoms with Gasteiger partial charge in [0.25, 0.3) is 0 Å². The molecule has 0 radical (unpaired) electrons. The molecule has 0 spiro atoms. The van der Waals surface area contributed by atoms with Gasteiger partial charge in [-0.05, 0) is 56.7 Å². The van der Waals surface area contributed by atoms with Crippen LogP contribution >= 0.6 is 11.6 Å². The lowest BCUT2D eigenvalue weighted by Gasteiger charge is -2.23.